The van der Waals surface area contributed by atoms with Crippen LogP contribution >= 0.6 is 0 Å². The van der Waals surface area contributed by atoms with Gasteiger partial charge in [-0.3, -0.25) is 4.90 Å². The van der Waals surface area contributed by atoms with Crippen LogP contribution in [0.15, 0.2) is 42.5 Å². The summed E-state index contributed by atoms with van der Waals surface area (Å²) in [5.74, 6) is -1.84. The first-order valence-corrected chi connectivity index (χ1v) is 6.92. The van der Waals surface area contributed by atoms with Crippen molar-refractivity contribution < 1.29 is 19.8 Å². The van der Waals surface area contributed by atoms with Gasteiger partial charge in [-0.1, -0.05) is 18.2 Å². The highest BCUT2D eigenvalue weighted by Crippen LogP contribution is 2.25. The number of carbonyl (C=O) groups is 2. The van der Waals surface area contributed by atoms with Crippen molar-refractivity contribution in [3.05, 3.63) is 70.3 Å². The van der Waals surface area contributed by atoms with Gasteiger partial charge in [0.1, 0.15) is 0 Å². The van der Waals surface area contributed by atoms with Gasteiger partial charge in [-0.2, -0.15) is 0 Å². The zero-order valence-electron chi connectivity index (χ0n) is 11.8. The van der Waals surface area contributed by atoms with Crippen LogP contribution in [0.3, 0.4) is 0 Å². The van der Waals surface area contributed by atoms with E-state index in [9.17, 15) is 9.59 Å². The number of hydrogen-bond acceptors (Lipinski definition) is 3. The summed E-state index contributed by atoms with van der Waals surface area (Å²) in [5, 5.41) is 17.9. The van der Waals surface area contributed by atoms with E-state index in [0.717, 1.165) is 23.2 Å². The van der Waals surface area contributed by atoms with Crippen LogP contribution < -0.4 is 0 Å². The summed E-state index contributed by atoms with van der Waals surface area (Å²) in [7, 11) is 0. The minimum Gasteiger partial charge on any atom is -0.478 e. The highest BCUT2D eigenvalue weighted by Gasteiger charge is 2.20. The van der Waals surface area contributed by atoms with Gasteiger partial charge in [-0.15, -0.1) is 0 Å². The second kappa shape index (κ2) is 5.61. The molecule has 0 spiro atoms. The summed E-state index contributed by atoms with van der Waals surface area (Å²) in [4.78, 5) is 24.0. The molecule has 0 atom stereocenters. The van der Waals surface area contributed by atoms with E-state index >= 15 is 0 Å². The van der Waals surface area contributed by atoms with Gasteiger partial charge in [0.15, 0.2) is 0 Å². The van der Waals surface area contributed by atoms with Crippen LogP contribution in [0.1, 0.15) is 37.4 Å². The lowest BCUT2D eigenvalue weighted by molar-refractivity contribution is 0.0686. The van der Waals surface area contributed by atoms with Crippen molar-refractivity contribution in [3.8, 4) is 0 Å². The fourth-order valence-electron chi connectivity index (χ4n) is 2.72. The van der Waals surface area contributed by atoms with Gasteiger partial charge in [-0.05, 0) is 41.0 Å². The number of aromatic carboxylic acids is 2. The number of nitrogens with zero attached hydrogens (tertiary/aromatic N) is 1. The molecule has 0 bridgehead atoms. The van der Waals surface area contributed by atoms with Crippen LogP contribution in [-0.4, -0.2) is 27.1 Å². The fraction of sp³-hybridized carbons (Fsp3) is 0.176. The number of rotatable bonds is 4. The summed E-state index contributed by atoms with van der Waals surface area (Å²) in [5.41, 5.74) is 3.82. The molecule has 5 heteroatoms. The molecular weight excluding hydrogens is 282 g/mol. The second-order valence-electron chi connectivity index (χ2n) is 5.44. The lowest BCUT2D eigenvalue weighted by Gasteiger charge is -2.14. The van der Waals surface area contributed by atoms with Crippen molar-refractivity contribution in [1.29, 1.82) is 0 Å². The zero-order chi connectivity index (χ0) is 15.7. The maximum atomic E-state index is 11.0. The zero-order valence-corrected chi connectivity index (χ0v) is 11.8. The largest absolute Gasteiger partial charge is 0.478 e. The molecule has 112 valence electrons. The molecule has 2 aromatic carbocycles. The highest BCUT2D eigenvalue weighted by molar-refractivity contribution is 5.88. The standard InChI is InChI=1S/C17H15NO4/c19-16(20)12-3-1-11(2-4-12)8-18-9-14-6-5-13(17(21)22)7-15(14)10-18/h1-7H,8-10H2,(H,19,20)(H,21,22). The Labute approximate surface area is 127 Å². The Balaban J connectivity index is 1.70. The molecule has 0 unspecified atom stereocenters. The second-order valence-corrected chi connectivity index (χ2v) is 5.44. The van der Waals surface area contributed by atoms with Gasteiger partial charge in [-0.25, -0.2) is 9.59 Å². The van der Waals surface area contributed by atoms with Crippen molar-refractivity contribution >= 4 is 11.9 Å². The summed E-state index contributed by atoms with van der Waals surface area (Å²) in [6, 6.07) is 12.1. The third kappa shape index (κ3) is 2.84. The third-order valence-corrected chi connectivity index (χ3v) is 3.85. The van der Waals surface area contributed by atoms with E-state index in [1.165, 1.54) is 0 Å². The summed E-state index contributed by atoms with van der Waals surface area (Å²) in [6.07, 6.45) is 0. The minimum absolute atomic E-state index is 0.277. The van der Waals surface area contributed by atoms with Gasteiger partial charge in [0.25, 0.3) is 0 Å². The van der Waals surface area contributed by atoms with E-state index in [1.54, 1.807) is 24.3 Å². The first-order valence-electron chi connectivity index (χ1n) is 6.92. The summed E-state index contributed by atoms with van der Waals surface area (Å²) >= 11 is 0. The van der Waals surface area contributed by atoms with Crippen molar-refractivity contribution in [2.24, 2.45) is 0 Å². The maximum absolute atomic E-state index is 11.0. The first kappa shape index (κ1) is 14.3. The first-order chi connectivity index (χ1) is 10.5. The average molecular weight is 297 g/mol. The van der Waals surface area contributed by atoms with Crippen LogP contribution in [0.25, 0.3) is 0 Å². The van der Waals surface area contributed by atoms with Crippen LogP contribution in [0, 0.1) is 0 Å². The van der Waals surface area contributed by atoms with Crippen LogP contribution in [0.4, 0.5) is 0 Å². The van der Waals surface area contributed by atoms with E-state index in [1.807, 2.05) is 18.2 Å². The highest BCUT2D eigenvalue weighted by atomic mass is 16.4. The molecule has 5 nitrogen and oxygen atoms in total. The quantitative estimate of drug-likeness (QED) is 0.907. The molecule has 0 radical (unpaired) electrons. The van der Waals surface area contributed by atoms with Crippen molar-refractivity contribution in [3.63, 3.8) is 0 Å². The van der Waals surface area contributed by atoms with E-state index in [0.29, 0.717) is 18.7 Å². The predicted octanol–water partition coefficient (Wildman–Crippen LogP) is 2.60. The van der Waals surface area contributed by atoms with Gasteiger partial charge < -0.3 is 10.2 Å². The van der Waals surface area contributed by atoms with E-state index in [-0.39, 0.29) is 5.56 Å². The lowest BCUT2D eigenvalue weighted by Crippen LogP contribution is -2.15. The maximum Gasteiger partial charge on any atom is 0.335 e. The molecule has 0 saturated carbocycles. The third-order valence-electron chi connectivity index (χ3n) is 3.85. The molecule has 1 heterocycles. The Kier molecular flexibility index (Phi) is 3.65. The predicted molar refractivity (Wildman–Crippen MR) is 79.8 cm³/mol. The van der Waals surface area contributed by atoms with E-state index < -0.39 is 11.9 Å². The Morgan fingerprint density at radius 2 is 1.45 bits per heavy atom. The smallest absolute Gasteiger partial charge is 0.335 e. The number of carboxylic acid groups (broad SMARTS) is 2. The molecule has 0 fully saturated rings. The number of hydrogen-bond donors (Lipinski definition) is 2. The van der Waals surface area contributed by atoms with Gasteiger partial charge in [0, 0.05) is 19.6 Å². The van der Waals surface area contributed by atoms with Crippen LogP contribution in [-0.2, 0) is 19.6 Å². The average Bonchev–Trinajstić information content (AvgIpc) is 2.88. The Morgan fingerprint density at radius 3 is 2.09 bits per heavy atom. The fourth-order valence-corrected chi connectivity index (χ4v) is 2.72. The van der Waals surface area contributed by atoms with E-state index in [2.05, 4.69) is 4.90 Å². The summed E-state index contributed by atoms with van der Waals surface area (Å²) < 4.78 is 0. The molecule has 1 aliphatic rings. The molecular formula is C17H15NO4. The normalized spacial score (nSPS) is 13.8. The SMILES string of the molecule is O=C(O)c1ccc(CN2Cc3ccc(C(=O)O)cc3C2)cc1. The summed E-state index contributed by atoms with van der Waals surface area (Å²) in [6.45, 7) is 2.18. The molecule has 2 aromatic rings. The topological polar surface area (TPSA) is 77.8 Å². The monoisotopic (exact) mass is 297 g/mol. The van der Waals surface area contributed by atoms with Crippen molar-refractivity contribution in [1.82, 2.24) is 4.90 Å². The van der Waals surface area contributed by atoms with Gasteiger partial charge in [0.2, 0.25) is 0 Å². The van der Waals surface area contributed by atoms with Gasteiger partial charge in [0.05, 0.1) is 11.1 Å². The van der Waals surface area contributed by atoms with E-state index in [4.69, 9.17) is 10.2 Å². The molecule has 0 aliphatic carbocycles. The van der Waals surface area contributed by atoms with Crippen molar-refractivity contribution in [2.45, 2.75) is 19.6 Å². The molecule has 3 rings (SSSR count). The van der Waals surface area contributed by atoms with Gasteiger partial charge >= 0.3 is 11.9 Å². The number of carboxylic acids is 2. The molecule has 0 saturated heterocycles. The van der Waals surface area contributed by atoms with Crippen LogP contribution in [0.2, 0.25) is 0 Å². The van der Waals surface area contributed by atoms with Crippen LogP contribution in [0.5, 0.6) is 0 Å². The Morgan fingerprint density at radius 1 is 0.864 bits per heavy atom. The molecule has 22 heavy (non-hydrogen) atoms. The Bertz CT molecular complexity index is 737. The lowest BCUT2D eigenvalue weighted by atomic mass is 10.1. The number of fused-ring (bicyclic) bond motifs is 1. The minimum atomic E-state index is -0.929. The molecule has 1 aliphatic heterocycles. The molecule has 0 aromatic heterocycles. The molecule has 2 N–H and O–H groups in total. The Hall–Kier alpha value is -2.66. The number of benzene rings is 2. The molecule has 0 amide bonds. The van der Waals surface area contributed by atoms with Crippen molar-refractivity contribution in [2.75, 3.05) is 0 Å².